The van der Waals surface area contributed by atoms with E-state index in [2.05, 4.69) is 201 Å². The summed E-state index contributed by atoms with van der Waals surface area (Å²) in [4.78, 5) is 64.2. The molecule has 12 aromatic rings. The van der Waals surface area contributed by atoms with Gasteiger partial charge in [-0.05, 0) is 215 Å². The summed E-state index contributed by atoms with van der Waals surface area (Å²) in [6, 6.07) is 73.3. The van der Waals surface area contributed by atoms with Gasteiger partial charge in [-0.3, -0.25) is 79.4 Å². The Morgan fingerprint density at radius 2 is 0.340 bits per heavy atom. The van der Waals surface area contributed by atoms with Crippen molar-refractivity contribution in [2.45, 2.75) is 170 Å². The molecule has 0 aromatic carbocycles. The SMILES string of the molecule is CCOCC.Cc1cccc(CN(Cc2ccccn2)Cc2cccc(C)n2)n1.Cc1cccc(CN(Cc2ccccn2)Cc2cccc(C)n2)n1.Cc1cccc(CN(Cc2ccccn2)Cc2cccc(C)n2)n1.Cc1cccc(CN(Cc2ccccn2)Cc2cccc(C)n2)n1.O=S(=O)([O-])C(F)(F)F.O=S(=O)([O-])C(F)(F)F.O=S(=O)([O-])C(F)(F)F.O=S(=O)([O-])C(F)(F)F.[Cu+2].[Cu+2].[Cu+2].[Cu+2].[OH-].[OH-].[OH-].[OH-]. The Balaban J connectivity index is -0.000000512. The van der Waals surface area contributed by atoms with E-state index in [0.717, 1.165) is 206 Å². The van der Waals surface area contributed by atoms with Crippen molar-refractivity contribution in [3.63, 3.8) is 0 Å². The molecule has 0 spiro atoms. The van der Waals surface area contributed by atoms with Crippen molar-refractivity contribution in [2.24, 2.45) is 0 Å². The summed E-state index contributed by atoms with van der Waals surface area (Å²) in [7, 11) is -24.4. The Bertz CT molecular complexity index is 5070. The van der Waals surface area contributed by atoms with Gasteiger partial charge in [-0.1, -0.05) is 72.8 Å². The van der Waals surface area contributed by atoms with Gasteiger partial charge in [0.15, 0.2) is 40.5 Å². The number of hydrogen-bond acceptors (Lipinski definition) is 33. The minimum Gasteiger partial charge on any atom is -0.870 e. The number of alkyl halides is 12. The van der Waals surface area contributed by atoms with E-state index >= 15 is 0 Å². The van der Waals surface area contributed by atoms with Crippen LogP contribution in [0.4, 0.5) is 52.7 Å². The summed E-state index contributed by atoms with van der Waals surface area (Å²) in [5.74, 6) is 0. The van der Waals surface area contributed by atoms with Crippen LogP contribution < -0.4 is 0 Å². The molecule has 12 rings (SSSR count). The maximum atomic E-state index is 10.7. The first-order valence-corrected chi connectivity index (χ1v) is 45.4. The van der Waals surface area contributed by atoms with Gasteiger partial charge in [-0.25, -0.2) is 33.7 Å². The van der Waals surface area contributed by atoms with E-state index in [4.69, 9.17) is 56.6 Å². The first kappa shape index (κ1) is 140. The van der Waals surface area contributed by atoms with Crippen molar-refractivity contribution in [1.29, 1.82) is 0 Å². The molecular formula is C88H102Cu4F12N16O17S4. The van der Waals surface area contributed by atoms with Crippen LogP contribution in [0, 0.1) is 55.4 Å². The van der Waals surface area contributed by atoms with Crippen LogP contribution in [0.1, 0.15) is 128 Å². The summed E-state index contributed by atoms with van der Waals surface area (Å²) < 4.78 is 240. The van der Waals surface area contributed by atoms with Crippen LogP contribution in [-0.4, -0.2) is 188 Å². The van der Waals surface area contributed by atoms with Crippen LogP contribution >= 0.6 is 0 Å². The average Bonchev–Trinajstić information content (AvgIpc) is 0.839. The zero-order chi connectivity index (χ0) is 99.2. The number of aromatic nitrogens is 12. The maximum absolute atomic E-state index is 10.7. The number of ether oxygens (including phenoxy) is 1. The van der Waals surface area contributed by atoms with E-state index in [1.165, 1.54) is 0 Å². The van der Waals surface area contributed by atoms with Crippen LogP contribution in [-0.2, 0) is 192 Å². The summed E-state index contributed by atoms with van der Waals surface area (Å²) in [6.45, 7) is 31.1. The van der Waals surface area contributed by atoms with Crippen LogP contribution in [0.15, 0.2) is 243 Å². The van der Waals surface area contributed by atoms with E-state index in [0.29, 0.717) is 0 Å². The number of aryl methyl sites for hydroxylation is 8. The minimum absolute atomic E-state index is 0. The van der Waals surface area contributed by atoms with Gasteiger partial charge < -0.3 is 44.9 Å². The van der Waals surface area contributed by atoms with Crippen molar-refractivity contribution in [1.82, 2.24) is 79.4 Å². The topological polar surface area (TPSA) is 526 Å². The molecule has 53 heteroatoms. The largest absolute Gasteiger partial charge is 2.00 e. The molecule has 12 aromatic heterocycles. The summed E-state index contributed by atoms with van der Waals surface area (Å²) in [6.07, 6.45) is 7.35. The molecule has 12 heterocycles. The van der Waals surface area contributed by atoms with Crippen molar-refractivity contribution in [3.8, 4) is 0 Å². The summed E-state index contributed by atoms with van der Waals surface area (Å²) in [5, 5.41) is 0. The van der Waals surface area contributed by atoms with Gasteiger partial charge in [0.2, 0.25) is 0 Å². The molecule has 0 amide bonds. The van der Waals surface area contributed by atoms with Gasteiger partial charge in [0.25, 0.3) is 0 Å². The molecule has 0 saturated carbocycles. The van der Waals surface area contributed by atoms with Crippen LogP contribution in [0.5, 0.6) is 0 Å². The molecule has 0 fully saturated rings. The first-order valence-electron chi connectivity index (χ1n) is 39.7. The number of rotatable bonds is 26. The Morgan fingerprint density at radius 1 is 0.227 bits per heavy atom. The quantitative estimate of drug-likeness (QED) is 0.0210. The monoisotopic (exact) mass is 2260 g/mol. The molecule has 4 N–H and O–H groups in total. The van der Waals surface area contributed by atoms with Gasteiger partial charge >= 0.3 is 90.3 Å². The second kappa shape index (κ2) is 69.3. The van der Waals surface area contributed by atoms with Gasteiger partial charge in [0.1, 0.15) is 0 Å². The number of nitrogens with zero attached hydrogens (tertiary/aromatic N) is 16. The van der Waals surface area contributed by atoms with Crippen molar-refractivity contribution in [2.75, 3.05) is 13.2 Å². The molecular weight excluding hydrogens is 2160 g/mol. The fourth-order valence-electron chi connectivity index (χ4n) is 11.1. The molecule has 788 valence electrons. The third-order valence-electron chi connectivity index (χ3n) is 16.6. The smallest absolute Gasteiger partial charge is 0.870 e. The maximum Gasteiger partial charge on any atom is 2.00 e. The molecule has 0 saturated heterocycles. The normalized spacial score (nSPS) is 10.9. The molecule has 141 heavy (non-hydrogen) atoms. The second-order valence-electron chi connectivity index (χ2n) is 28.4. The predicted molar refractivity (Wildman–Crippen MR) is 473 cm³/mol. The standard InChI is InChI=1S/4C20H22N4.C4H10O.4CHF3O3S.4Cu.4H2O/c4*1-16-7-5-10-19(22-16)14-24(13-18-9-3-4-12-21-18)15-20-11-6-8-17(2)23-20;1-3-5-4-2;4*2-1(3,4)8(5,6)7;;;;;;;;/h4*3-12H,13-15H2,1-2H3;3-4H2,1-2H3;4*(H,5,6,7);;;;;4*1H2/q;;;;;;;;;4*+2;;;;/p-8. The molecule has 0 aliphatic carbocycles. The predicted octanol–water partition coefficient (Wildman–Crippen LogP) is 15.3. The van der Waals surface area contributed by atoms with E-state index < -0.39 is 62.5 Å². The van der Waals surface area contributed by atoms with Crippen molar-refractivity contribution in [3.05, 3.63) is 357 Å². The third-order valence-corrected chi connectivity index (χ3v) is 18.9. The zero-order valence-electron chi connectivity index (χ0n) is 76.6. The minimum atomic E-state index is -6.09. The molecule has 0 aliphatic heterocycles. The van der Waals surface area contributed by atoms with E-state index in [1.54, 1.807) is 0 Å². The van der Waals surface area contributed by atoms with Crippen LogP contribution in [0.3, 0.4) is 0 Å². The average molecular weight is 2270 g/mol. The van der Waals surface area contributed by atoms with E-state index in [9.17, 15) is 52.7 Å². The Hall–Kier alpha value is -9.68. The van der Waals surface area contributed by atoms with Gasteiger partial charge in [0.05, 0.1) is 68.3 Å². The van der Waals surface area contributed by atoms with Crippen LogP contribution in [0.25, 0.3) is 0 Å². The van der Waals surface area contributed by atoms with Crippen molar-refractivity contribution < 1.29 is 199 Å². The molecule has 0 bridgehead atoms. The second-order valence-corrected chi connectivity index (χ2v) is 33.9. The number of hydrogen-bond donors (Lipinski definition) is 0. The molecule has 0 aliphatic rings. The molecule has 0 unspecified atom stereocenters. The first-order chi connectivity index (χ1) is 62.2. The third kappa shape index (κ3) is 60.5. The van der Waals surface area contributed by atoms with Gasteiger partial charge in [0, 0.05) is 162 Å². The van der Waals surface area contributed by atoms with E-state index in [1.807, 2.05) is 191 Å². The molecule has 4 radical (unpaired) electrons. The molecule has 0 atom stereocenters. The summed E-state index contributed by atoms with van der Waals surface area (Å²) >= 11 is 0. The number of pyridine rings is 12. The van der Waals surface area contributed by atoms with Crippen molar-refractivity contribution >= 4 is 40.5 Å². The number of halogens is 12. The Kier molecular flexibility index (Phi) is 68.7. The zero-order valence-corrected chi connectivity index (χ0v) is 83.7. The van der Waals surface area contributed by atoms with Gasteiger partial charge in [-0.2, -0.15) is 52.7 Å². The Morgan fingerprint density at radius 3 is 0.426 bits per heavy atom. The van der Waals surface area contributed by atoms with Crippen LogP contribution in [0.2, 0.25) is 0 Å². The fourth-order valence-corrected chi connectivity index (χ4v) is 11.1. The Labute approximate surface area is 853 Å². The summed E-state index contributed by atoms with van der Waals surface area (Å²) in [5.41, 5.74) is -1.50. The van der Waals surface area contributed by atoms with E-state index in [-0.39, 0.29) is 90.2 Å². The fraction of sp³-hybridized carbons (Fsp3) is 0.318. The van der Waals surface area contributed by atoms with Gasteiger partial charge in [-0.15, -0.1) is 0 Å². The molecule has 33 nitrogen and oxygen atoms in total.